The molecule has 39 heteroatoms. The molecule has 3 heterocycles. The minimum Gasteiger partial charge on any atom is -0.505 e. The van der Waals surface area contributed by atoms with Crippen molar-refractivity contribution in [3.63, 3.8) is 0 Å². The third-order valence-electron chi connectivity index (χ3n) is 14.8. The zero-order valence-electron chi connectivity index (χ0n) is 48.4. The van der Waals surface area contributed by atoms with Gasteiger partial charge in [-0.3, -0.25) is 27.7 Å². The lowest BCUT2D eigenvalue weighted by atomic mass is 10.0. The van der Waals surface area contributed by atoms with Crippen molar-refractivity contribution < 1.29 is 75.1 Å². The number of aryl methyl sites for hydroxylation is 3. The predicted molar refractivity (Wildman–Crippen MR) is 344 cm³/mol. The van der Waals surface area contributed by atoms with E-state index >= 15 is 0 Å². The largest absolute Gasteiger partial charge is 0.505 e. The average Bonchev–Trinajstić information content (AvgIpc) is 0.769. The van der Waals surface area contributed by atoms with Crippen molar-refractivity contribution in [2.24, 2.45) is 20.5 Å². The number of aromatic hydroxyl groups is 2. The van der Waals surface area contributed by atoms with Crippen molar-refractivity contribution in [2.45, 2.75) is 45.2 Å². The van der Waals surface area contributed by atoms with Gasteiger partial charge >= 0.3 is 0 Å². The molecule has 0 atom stereocenters. The molecule has 1 fully saturated rings. The summed E-state index contributed by atoms with van der Waals surface area (Å²) in [5.74, 6) is -1.77. The summed E-state index contributed by atoms with van der Waals surface area (Å²) < 4.78 is 177. The normalized spacial score (nSPS) is 13.9. The molecular formula is C55H47Cl2N15O17S5. The summed E-state index contributed by atoms with van der Waals surface area (Å²) in [7, 11) is -25.1. The lowest BCUT2D eigenvalue weighted by Gasteiger charge is -2.34. The number of halogens is 2. The van der Waals surface area contributed by atoms with Crippen LogP contribution in [0.3, 0.4) is 0 Å². The zero-order valence-corrected chi connectivity index (χ0v) is 54.0. The summed E-state index contributed by atoms with van der Waals surface area (Å²) in [6.07, 6.45) is 0. The number of aromatic nitrogens is 6. The topological polar surface area (TPSA) is 482 Å². The van der Waals surface area contributed by atoms with Crippen LogP contribution in [0.2, 0.25) is 10.6 Å². The van der Waals surface area contributed by atoms with Gasteiger partial charge in [0.1, 0.15) is 42.3 Å². The van der Waals surface area contributed by atoms with Crippen LogP contribution in [-0.2, 0) is 50.6 Å². The molecule has 0 amide bonds. The molecule has 11 rings (SSSR count). The van der Waals surface area contributed by atoms with Crippen LogP contribution in [0.1, 0.15) is 16.7 Å². The van der Waals surface area contributed by atoms with Gasteiger partial charge in [0.15, 0.2) is 11.5 Å². The highest BCUT2D eigenvalue weighted by molar-refractivity contribution is 7.87. The van der Waals surface area contributed by atoms with Gasteiger partial charge in [-0.15, -0.1) is 20.5 Å². The van der Waals surface area contributed by atoms with E-state index in [2.05, 4.69) is 71.2 Å². The highest BCUT2D eigenvalue weighted by Gasteiger charge is 2.29. The minimum atomic E-state index is -5.17. The molecule has 0 bridgehead atoms. The standard InChI is InChI=1S/C55H47Cl2N15O17S5/c1-26-20-29-24-41(92(81,82)83)45(70-68-36-12-10-32-27(2)6-4-7-34(32)48(36)93(84,85)86)47(74)42(29)38(21-26)59-53-62-50(56)61-52(65-53)58-14-15-71-16-18-72(19-17-71)55-64-51(57)63-54(66-55)60-39-25-31(90(75,76)77)23-30-22-28(3)44(46(73)43(30)39)69-67-37-13-11-33-35(49(37)94(87,88)89)8-5-9-40(33)91(78,79)80/h4-13,20-25,73-74H,14-19H2,1-3H3,(H,75,76,77)(H,78,79,80)(H,81,82,83)(H,84,85,86)(H,87,88,89)(H,60,63,64,66)(H2,58,59,61,62,65). The van der Waals surface area contributed by atoms with Crippen molar-refractivity contribution in [3.05, 3.63) is 124 Å². The fourth-order valence-corrected chi connectivity index (χ4v) is 14.6. The van der Waals surface area contributed by atoms with Gasteiger partial charge in [-0.05, 0) is 125 Å². The summed E-state index contributed by atoms with van der Waals surface area (Å²) in [6.45, 7) is 7.04. The second kappa shape index (κ2) is 25.0. The number of hydrogen-bond donors (Lipinski definition) is 10. The van der Waals surface area contributed by atoms with Crippen molar-refractivity contribution in [2.75, 3.05) is 60.1 Å². The van der Waals surface area contributed by atoms with Crippen molar-refractivity contribution in [1.82, 2.24) is 34.8 Å². The molecule has 0 spiro atoms. The molecule has 94 heavy (non-hydrogen) atoms. The maximum Gasteiger partial charge on any atom is 0.297 e. The van der Waals surface area contributed by atoms with E-state index in [0.29, 0.717) is 49.2 Å². The van der Waals surface area contributed by atoms with E-state index in [0.717, 1.165) is 48.5 Å². The molecule has 2 aromatic heterocycles. The second-order valence-corrected chi connectivity index (χ2v) is 28.6. The number of fused-ring (bicyclic) bond motifs is 4. The van der Waals surface area contributed by atoms with E-state index in [1.165, 1.54) is 37.3 Å². The molecule has 8 aromatic carbocycles. The number of nitrogens with zero attached hydrogens (tertiary/aromatic N) is 12. The Morgan fingerprint density at radius 3 is 1.63 bits per heavy atom. The maximum atomic E-state index is 12.8. The monoisotopic (exact) mass is 1420 g/mol. The van der Waals surface area contributed by atoms with Crippen LogP contribution in [0.15, 0.2) is 142 Å². The van der Waals surface area contributed by atoms with E-state index in [9.17, 15) is 75.1 Å². The third kappa shape index (κ3) is 13.8. The van der Waals surface area contributed by atoms with Crippen molar-refractivity contribution in [3.8, 4) is 11.5 Å². The molecule has 32 nitrogen and oxygen atoms in total. The number of azo groups is 2. The SMILES string of the molecule is Cc1cc(Nc2nc(Cl)nc(NCCN3CCN(c4nc(Cl)nc(Nc5cc(S(=O)(=O)O)cc6cc(C)c(N=Nc7ccc8c(S(=O)(=O)O)cccc8c7S(=O)(=O)O)c(O)c56)n4)CC3)n2)c2c(O)c(N=Nc3ccc4c(C)cccc4c3S(=O)(=O)O)c(S(=O)(=O)O)cc2c1. The van der Waals surface area contributed by atoms with Crippen LogP contribution in [-0.4, -0.2) is 149 Å². The number of rotatable bonds is 18. The Kier molecular flexibility index (Phi) is 17.6. The van der Waals surface area contributed by atoms with E-state index < -0.39 is 104 Å². The summed E-state index contributed by atoms with van der Waals surface area (Å²) in [4.78, 5) is 25.9. The van der Waals surface area contributed by atoms with Gasteiger partial charge in [0, 0.05) is 66.2 Å². The zero-order chi connectivity index (χ0) is 67.7. The van der Waals surface area contributed by atoms with Crippen molar-refractivity contribution in [1.29, 1.82) is 0 Å². The van der Waals surface area contributed by atoms with Crippen LogP contribution in [0.25, 0.3) is 43.1 Å². The van der Waals surface area contributed by atoms with Crippen LogP contribution >= 0.6 is 23.2 Å². The molecule has 1 aliphatic heterocycles. The number of phenols is 2. The Morgan fingerprint density at radius 2 is 1.02 bits per heavy atom. The molecule has 1 aliphatic rings. The van der Waals surface area contributed by atoms with Crippen LogP contribution in [0.5, 0.6) is 11.5 Å². The first kappa shape index (κ1) is 66.4. The number of hydrogen-bond acceptors (Lipinski definition) is 27. The molecule has 0 radical (unpaired) electrons. The van der Waals surface area contributed by atoms with Crippen LogP contribution in [0.4, 0.5) is 57.9 Å². The van der Waals surface area contributed by atoms with Gasteiger partial charge in [0.25, 0.3) is 50.6 Å². The van der Waals surface area contributed by atoms with E-state index in [1.807, 2.05) is 0 Å². The summed E-state index contributed by atoms with van der Waals surface area (Å²) in [5.41, 5.74) is -0.780. The summed E-state index contributed by atoms with van der Waals surface area (Å²) in [6, 6.07) is 20.4. The predicted octanol–water partition coefficient (Wildman–Crippen LogP) is 10.1. The molecule has 488 valence electrons. The molecule has 1 saturated heterocycles. The minimum absolute atomic E-state index is 0.0148. The van der Waals surface area contributed by atoms with Gasteiger partial charge in [-0.1, -0.05) is 48.5 Å². The fraction of sp³-hybridized carbons (Fsp3) is 0.164. The molecule has 0 aliphatic carbocycles. The van der Waals surface area contributed by atoms with E-state index in [4.69, 9.17) is 23.2 Å². The Labute approximate surface area is 542 Å². The maximum absolute atomic E-state index is 12.8. The quantitative estimate of drug-likeness (QED) is 0.0282. The molecular weight excluding hydrogens is 1370 g/mol. The Hall–Kier alpha value is -9.09. The summed E-state index contributed by atoms with van der Waals surface area (Å²) >= 11 is 12.8. The molecule has 10 N–H and O–H groups in total. The Bertz CT molecular complexity index is 5540. The first-order chi connectivity index (χ1) is 44.1. The van der Waals surface area contributed by atoms with Gasteiger partial charge in [-0.2, -0.15) is 72.0 Å². The number of piperazine rings is 1. The number of nitrogens with one attached hydrogen (secondary N) is 3. The number of benzene rings is 8. The van der Waals surface area contributed by atoms with Gasteiger partial charge in [0.2, 0.25) is 34.4 Å². The van der Waals surface area contributed by atoms with Gasteiger partial charge in [0.05, 0.1) is 16.3 Å². The molecule has 10 aromatic rings. The molecule has 0 unspecified atom stereocenters. The lowest BCUT2D eigenvalue weighted by Crippen LogP contribution is -2.48. The van der Waals surface area contributed by atoms with Crippen LogP contribution < -0.4 is 20.9 Å². The third-order valence-corrected chi connectivity index (χ3v) is 19.6. The van der Waals surface area contributed by atoms with Crippen LogP contribution in [0, 0.1) is 20.8 Å². The number of anilines is 6. The fourth-order valence-electron chi connectivity index (χ4n) is 10.7. The average molecular weight is 1420 g/mol. The van der Waals surface area contributed by atoms with Gasteiger partial charge in [-0.25, -0.2) is 0 Å². The first-order valence-corrected chi connectivity index (χ1v) is 35.0. The smallest absolute Gasteiger partial charge is 0.297 e. The second-order valence-electron chi connectivity index (χ2n) is 21.1. The molecule has 0 saturated carbocycles. The van der Waals surface area contributed by atoms with E-state index in [1.54, 1.807) is 36.9 Å². The van der Waals surface area contributed by atoms with E-state index in [-0.39, 0.29) is 101 Å². The van der Waals surface area contributed by atoms with Gasteiger partial charge < -0.3 is 31.1 Å². The Morgan fingerprint density at radius 1 is 0.489 bits per heavy atom. The summed E-state index contributed by atoms with van der Waals surface area (Å²) in [5, 5.41) is 47.9. The highest BCUT2D eigenvalue weighted by atomic mass is 35.5. The first-order valence-electron chi connectivity index (χ1n) is 27.1. The number of phenolic OH excluding ortho intramolecular Hbond substituents is 2. The van der Waals surface area contributed by atoms with Crippen molar-refractivity contribution >= 4 is 175 Å². The Balaban J connectivity index is 0.798. The highest BCUT2D eigenvalue weighted by Crippen LogP contribution is 2.48. The lowest BCUT2D eigenvalue weighted by molar-refractivity contribution is 0.266.